The van der Waals surface area contributed by atoms with E-state index in [1.165, 1.54) is 25.7 Å². The molecule has 0 bridgehead atoms. The first-order valence-electron chi connectivity index (χ1n) is 6.31. The van der Waals surface area contributed by atoms with Crippen LogP contribution in [-0.2, 0) is 9.84 Å². The van der Waals surface area contributed by atoms with Crippen LogP contribution in [0, 0.1) is 5.41 Å². The molecule has 0 spiro atoms. The van der Waals surface area contributed by atoms with Crippen LogP contribution in [0.5, 0.6) is 0 Å². The molecule has 0 radical (unpaired) electrons. The second-order valence-electron chi connectivity index (χ2n) is 5.50. The van der Waals surface area contributed by atoms with Crippen LogP contribution >= 0.6 is 0 Å². The van der Waals surface area contributed by atoms with E-state index in [2.05, 4.69) is 12.2 Å². The molecular formula is C12H25NO2S. The number of sulfone groups is 1. The highest BCUT2D eigenvalue weighted by atomic mass is 32.2. The van der Waals surface area contributed by atoms with E-state index in [9.17, 15) is 8.42 Å². The zero-order chi connectivity index (χ0) is 12.2. The summed E-state index contributed by atoms with van der Waals surface area (Å²) in [4.78, 5) is 0. The van der Waals surface area contributed by atoms with E-state index in [0.29, 0.717) is 5.41 Å². The van der Waals surface area contributed by atoms with Crippen LogP contribution in [0.4, 0.5) is 0 Å². The van der Waals surface area contributed by atoms with Crippen molar-refractivity contribution in [2.24, 2.45) is 5.41 Å². The van der Waals surface area contributed by atoms with E-state index in [0.717, 1.165) is 6.54 Å². The largest absolute Gasteiger partial charge is 0.313 e. The normalized spacial score (nSPS) is 22.2. The van der Waals surface area contributed by atoms with Gasteiger partial charge in [0.1, 0.15) is 0 Å². The quantitative estimate of drug-likeness (QED) is 0.780. The van der Waals surface area contributed by atoms with Crippen LogP contribution in [0.1, 0.15) is 46.5 Å². The zero-order valence-corrected chi connectivity index (χ0v) is 11.6. The van der Waals surface area contributed by atoms with Crippen molar-refractivity contribution in [3.05, 3.63) is 0 Å². The van der Waals surface area contributed by atoms with Gasteiger partial charge in [0.05, 0.1) is 5.75 Å². The fraction of sp³-hybridized carbons (Fsp3) is 1.00. The van der Waals surface area contributed by atoms with Gasteiger partial charge < -0.3 is 5.32 Å². The highest BCUT2D eigenvalue weighted by Gasteiger charge is 2.28. The van der Waals surface area contributed by atoms with Crippen molar-refractivity contribution in [1.82, 2.24) is 5.32 Å². The van der Waals surface area contributed by atoms with Gasteiger partial charge >= 0.3 is 0 Å². The third-order valence-electron chi connectivity index (χ3n) is 3.63. The molecule has 1 N–H and O–H groups in total. The molecule has 96 valence electrons. The molecule has 1 rings (SSSR count). The molecule has 3 nitrogen and oxygen atoms in total. The van der Waals surface area contributed by atoms with Gasteiger partial charge in [0.25, 0.3) is 0 Å². The van der Waals surface area contributed by atoms with Crippen molar-refractivity contribution in [2.75, 3.05) is 18.1 Å². The van der Waals surface area contributed by atoms with E-state index in [-0.39, 0.29) is 17.5 Å². The number of nitrogens with one attached hydrogen (secondary N) is 1. The van der Waals surface area contributed by atoms with Crippen molar-refractivity contribution >= 4 is 9.84 Å². The monoisotopic (exact) mass is 247 g/mol. The minimum absolute atomic E-state index is 0.0716. The summed E-state index contributed by atoms with van der Waals surface area (Å²) in [6.45, 7) is 6.92. The summed E-state index contributed by atoms with van der Waals surface area (Å²) < 4.78 is 22.9. The first kappa shape index (κ1) is 14.0. The Labute approximate surface area is 99.9 Å². The SMILES string of the molecule is CCS(=O)(=O)CC(C)NCC1(C)CCCC1. The number of rotatable bonds is 6. The second kappa shape index (κ2) is 5.50. The van der Waals surface area contributed by atoms with E-state index in [1.807, 2.05) is 6.92 Å². The fourth-order valence-corrected chi connectivity index (χ4v) is 3.50. The molecule has 0 heterocycles. The Hall–Kier alpha value is -0.0900. The van der Waals surface area contributed by atoms with Crippen molar-refractivity contribution in [2.45, 2.75) is 52.5 Å². The van der Waals surface area contributed by atoms with Crippen LogP contribution in [-0.4, -0.2) is 32.5 Å². The Morgan fingerprint density at radius 3 is 2.38 bits per heavy atom. The van der Waals surface area contributed by atoms with Gasteiger partial charge in [-0.3, -0.25) is 0 Å². The number of hydrogen-bond acceptors (Lipinski definition) is 3. The lowest BCUT2D eigenvalue weighted by Crippen LogP contribution is -2.39. The molecule has 0 aromatic carbocycles. The van der Waals surface area contributed by atoms with Crippen molar-refractivity contribution < 1.29 is 8.42 Å². The second-order valence-corrected chi connectivity index (χ2v) is 7.90. The van der Waals surface area contributed by atoms with Crippen molar-refractivity contribution in [3.8, 4) is 0 Å². The van der Waals surface area contributed by atoms with Gasteiger partial charge in [0, 0.05) is 18.3 Å². The van der Waals surface area contributed by atoms with Crippen LogP contribution in [0.2, 0.25) is 0 Å². The first-order chi connectivity index (χ1) is 7.37. The average Bonchev–Trinajstić information content (AvgIpc) is 2.63. The Bertz CT molecular complexity index is 305. The molecule has 0 aliphatic heterocycles. The Balaban J connectivity index is 2.32. The highest BCUT2D eigenvalue weighted by Crippen LogP contribution is 2.36. The van der Waals surface area contributed by atoms with Gasteiger partial charge in [-0.1, -0.05) is 26.7 Å². The van der Waals surface area contributed by atoms with E-state index >= 15 is 0 Å². The standard InChI is InChI=1S/C12H25NO2S/c1-4-16(14,15)9-11(2)13-10-12(3)7-5-6-8-12/h11,13H,4-10H2,1-3H3. The van der Waals surface area contributed by atoms with E-state index in [1.54, 1.807) is 6.92 Å². The lowest BCUT2D eigenvalue weighted by atomic mass is 9.89. The smallest absolute Gasteiger partial charge is 0.151 e. The minimum atomic E-state index is -2.85. The third-order valence-corrected chi connectivity index (χ3v) is 5.52. The molecule has 0 aromatic heterocycles. The molecule has 0 amide bonds. The maximum Gasteiger partial charge on any atom is 0.151 e. The zero-order valence-electron chi connectivity index (χ0n) is 10.8. The van der Waals surface area contributed by atoms with Gasteiger partial charge in [0.2, 0.25) is 0 Å². The molecule has 1 atom stereocenters. The Morgan fingerprint density at radius 2 is 1.88 bits per heavy atom. The molecule has 1 aliphatic carbocycles. The van der Waals surface area contributed by atoms with Crippen LogP contribution in [0.3, 0.4) is 0 Å². The maximum absolute atomic E-state index is 11.4. The van der Waals surface area contributed by atoms with E-state index in [4.69, 9.17) is 0 Å². The fourth-order valence-electron chi connectivity index (χ4n) is 2.38. The molecule has 0 aromatic rings. The molecule has 4 heteroatoms. The maximum atomic E-state index is 11.4. The summed E-state index contributed by atoms with van der Waals surface area (Å²) >= 11 is 0. The molecule has 1 saturated carbocycles. The van der Waals surface area contributed by atoms with Crippen molar-refractivity contribution in [1.29, 1.82) is 0 Å². The minimum Gasteiger partial charge on any atom is -0.313 e. The van der Waals surface area contributed by atoms with Gasteiger partial charge in [-0.05, 0) is 25.2 Å². The van der Waals surface area contributed by atoms with Gasteiger partial charge in [-0.15, -0.1) is 0 Å². The highest BCUT2D eigenvalue weighted by molar-refractivity contribution is 7.91. The summed E-state index contributed by atoms with van der Waals surface area (Å²) in [5, 5.41) is 3.38. The van der Waals surface area contributed by atoms with Crippen molar-refractivity contribution in [3.63, 3.8) is 0 Å². The average molecular weight is 247 g/mol. The molecule has 16 heavy (non-hydrogen) atoms. The first-order valence-corrected chi connectivity index (χ1v) is 8.13. The van der Waals surface area contributed by atoms with Gasteiger partial charge in [-0.25, -0.2) is 8.42 Å². The predicted molar refractivity (Wildman–Crippen MR) is 68.4 cm³/mol. The molecule has 1 unspecified atom stereocenters. The topological polar surface area (TPSA) is 46.2 Å². The number of hydrogen-bond donors (Lipinski definition) is 1. The molecule has 1 aliphatic rings. The summed E-state index contributed by atoms with van der Waals surface area (Å²) in [7, 11) is -2.85. The van der Waals surface area contributed by atoms with Gasteiger partial charge in [0.15, 0.2) is 9.84 Å². The molecule has 1 fully saturated rings. The summed E-state index contributed by atoms with van der Waals surface area (Å²) in [6.07, 6.45) is 5.18. The lowest BCUT2D eigenvalue weighted by molar-refractivity contribution is 0.305. The van der Waals surface area contributed by atoms with Gasteiger partial charge in [-0.2, -0.15) is 0 Å². The summed E-state index contributed by atoms with van der Waals surface area (Å²) in [5.41, 5.74) is 0.393. The van der Waals surface area contributed by atoms with E-state index < -0.39 is 9.84 Å². The Morgan fingerprint density at radius 1 is 1.31 bits per heavy atom. The van der Waals surface area contributed by atoms with Crippen LogP contribution in [0.15, 0.2) is 0 Å². The molecular weight excluding hydrogens is 222 g/mol. The summed E-state index contributed by atoms with van der Waals surface area (Å²) in [6, 6.07) is 0.0716. The molecule has 0 saturated heterocycles. The Kier molecular flexibility index (Phi) is 4.80. The van der Waals surface area contributed by atoms with Crippen LogP contribution in [0.25, 0.3) is 0 Å². The third kappa shape index (κ3) is 4.42. The predicted octanol–water partition coefficient (Wildman–Crippen LogP) is 1.98. The summed E-state index contributed by atoms with van der Waals surface area (Å²) in [5.74, 6) is 0.510. The van der Waals surface area contributed by atoms with Crippen LogP contribution < -0.4 is 5.32 Å². The lowest BCUT2D eigenvalue weighted by Gasteiger charge is -2.26.